The second-order valence-electron chi connectivity index (χ2n) is 11.5. The van der Waals surface area contributed by atoms with Crippen LogP contribution in [-0.4, -0.2) is 47.7 Å². The van der Waals surface area contributed by atoms with Gasteiger partial charge in [-0.15, -0.1) is 0 Å². The number of rotatable bonds is 8. The first-order valence-electron chi connectivity index (χ1n) is 14.3. The highest BCUT2D eigenvalue weighted by Gasteiger charge is 2.57. The van der Waals surface area contributed by atoms with Gasteiger partial charge in [0, 0.05) is 12.0 Å². The summed E-state index contributed by atoms with van der Waals surface area (Å²) in [6, 6.07) is 3.90. The van der Waals surface area contributed by atoms with E-state index >= 15 is 0 Å². The molecule has 0 unspecified atom stereocenters. The van der Waals surface area contributed by atoms with Gasteiger partial charge in [-0.1, -0.05) is 49.8 Å². The molecule has 4 atom stereocenters. The van der Waals surface area contributed by atoms with Gasteiger partial charge in [0.05, 0.1) is 35.2 Å². The van der Waals surface area contributed by atoms with Crippen LogP contribution in [0.4, 0.5) is 0 Å². The largest absolute Gasteiger partial charge is 0.504 e. The molecule has 6 nitrogen and oxygen atoms in total. The number of ether oxygens (including phenoxy) is 2. The van der Waals surface area contributed by atoms with E-state index in [-0.39, 0.29) is 47.5 Å². The van der Waals surface area contributed by atoms with E-state index in [1.54, 1.807) is 12.0 Å². The van der Waals surface area contributed by atoms with Crippen molar-refractivity contribution in [3.8, 4) is 11.5 Å². The van der Waals surface area contributed by atoms with Crippen molar-refractivity contribution in [2.45, 2.75) is 90.2 Å². The average Bonchev–Trinajstić information content (AvgIpc) is 3.44. The Morgan fingerprint density at radius 2 is 1.95 bits per heavy atom. The van der Waals surface area contributed by atoms with Gasteiger partial charge in [-0.3, -0.25) is 14.5 Å². The summed E-state index contributed by atoms with van der Waals surface area (Å²) in [7, 11) is 1.56. The minimum Gasteiger partial charge on any atom is -0.504 e. The minimum atomic E-state index is -0.242. The molecular weight excluding hydrogens is 593 g/mol. The van der Waals surface area contributed by atoms with Crippen LogP contribution in [0.5, 0.6) is 11.5 Å². The molecule has 1 aromatic rings. The molecule has 0 bridgehead atoms. The zero-order valence-electron chi connectivity index (χ0n) is 22.8. The van der Waals surface area contributed by atoms with Crippen molar-refractivity contribution in [2.75, 3.05) is 13.7 Å². The summed E-state index contributed by atoms with van der Waals surface area (Å²) >= 11 is 2.12. The Hall–Kier alpha value is -1.87. The minimum absolute atomic E-state index is 0.00646. The summed E-state index contributed by atoms with van der Waals surface area (Å²) in [4.78, 5) is 29.0. The van der Waals surface area contributed by atoms with Crippen LogP contribution in [0.25, 0.3) is 6.08 Å². The number of benzene rings is 1. The number of nitrogens with zero attached hydrogens (tertiary/aromatic N) is 1. The topological polar surface area (TPSA) is 76.1 Å². The van der Waals surface area contributed by atoms with Gasteiger partial charge in [0.2, 0.25) is 11.8 Å². The maximum Gasteiger partial charge on any atom is 0.234 e. The zero-order valence-corrected chi connectivity index (χ0v) is 25.0. The van der Waals surface area contributed by atoms with Crippen molar-refractivity contribution in [1.82, 2.24) is 4.90 Å². The highest BCUT2D eigenvalue weighted by atomic mass is 127. The highest BCUT2D eigenvalue weighted by molar-refractivity contribution is 14.1. The lowest BCUT2D eigenvalue weighted by Gasteiger charge is -2.32. The molecule has 2 heterocycles. The molecular formula is C31H40INO5. The Morgan fingerprint density at radius 3 is 2.66 bits per heavy atom. The third-order valence-corrected chi connectivity index (χ3v) is 9.84. The molecule has 1 N–H and O–H groups in total. The van der Waals surface area contributed by atoms with Crippen molar-refractivity contribution >= 4 is 40.5 Å². The number of carbonyl (C=O) groups excluding carboxylic acids is 2. The number of carbonyl (C=O) groups is 2. The lowest BCUT2D eigenvalue weighted by atomic mass is 9.68. The molecule has 0 aromatic heterocycles. The van der Waals surface area contributed by atoms with Crippen molar-refractivity contribution in [1.29, 1.82) is 0 Å². The van der Waals surface area contributed by atoms with Crippen LogP contribution in [0.3, 0.4) is 0 Å². The number of likely N-dealkylation sites (tertiary alicyclic amines) is 1. The Kier molecular flexibility index (Phi) is 8.53. The number of imide groups is 1. The number of phenolic OH excluding ortho intramolecular Hbond substituents is 1. The molecule has 0 spiro atoms. The number of halogens is 1. The molecule has 3 fully saturated rings. The van der Waals surface area contributed by atoms with E-state index in [4.69, 9.17) is 9.47 Å². The Labute approximate surface area is 240 Å². The van der Waals surface area contributed by atoms with E-state index in [1.165, 1.54) is 23.1 Å². The van der Waals surface area contributed by atoms with Gasteiger partial charge in [-0.2, -0.15) is 0 Å². The fourth-order valence-corrected chi connectivity index (χ4v) is 7.91. The first kappa shape index (κ1) is 27.7. The number of allylic oxidation sites excluding steroid dienone is 2. The van der Waals surface area contributed by atoms with Crippen molar-refractivity contribution in [3.05, 3.63) is 38.0 Å². The molecule has 2 aliphatic carbocycles. The van der Waals surface area contributed by atoms with Gasteiger partial charge < -0.3 is 14.6 Å². The standard InChI is InChI=1S/C31H40INO5/c1-4-8-20-16-22-28(31(36)33(30(22)35)21-9-6-5-7-10-21)23-17-38-25(27(20)23)12-11-18(2)13-19-14-24(32)29(34)26(15-19)37-3/h13-15,21-23,25,28,34H,4-12,16-17H2,1-3H3/b18-13+/t22-,23+,25-,28-/m1/s1. The van der Waals surface area contributed by atoms with Crippen molar-refractivity contribution < 1.29 is 24.2 Å². The molecule has 1 aromatic carbocycles. The second kappa shape index (κ2) is 11.7. The van der Waals surface area contributed by atoms with E-state index in [1.807, 2.05) is 12.1 Å². The quantitative estimate of drug-likeness (QED) is 0.198. The molecule has 0 radical (unpaired) electrons. The Bertz CT molecular complexity index is 1150. The van der Waals surface area contributed by atoms with Crippen LogP contribution in [0.15, 0.2) is 28.9 Å². The lowest BCUT2D eigenvalue weighted by molar-refractivity contribution is -0.143. The van der Waals surface area contributed by atoms with Crippen LogP contribution in [-0.2, 0) is 14.3 Å². The van der Waals surface area contributed by atoms with Crippen LogP contribution in [0.1, 0.15) is 83.6 Å². The molecule has 2 amide bonds. The van der Waals surface area contributed by atoms with Crippen molar-refractivity contribution in [2.24, 2.45) is 17.8 Å². The van der Waals surface area contributed by atoms with E-state index < -0.39 is 0 Å². The zero-order chi connectivity index (χ0) is 27.0. The van der Waals surface area contributed by atoms with Gasteiger partial charge in [-0.25, -0.2) is 0 Å². The fraction of sp³-hybridized carbons (Fsp3) is 0.613. The number of amides is 2. The second-order valence-corrected chi connectivity index (χ2v) is 12.7. The SMILES string of the molecule is CCCC1=C2[C@@H](CC/C(C)=C/c3cc(I)c(O)c(OC)c3)OC[C@@H]2[C@@H]2C(=O)N(C3CCCCC3)C(=O)[C@@H]2C1. The maximum absolute atomic E-state index is 13.7. The predicted octanol–water partition coefficient (Wildman–Crippen LogP) is 6.64. The van der Waals surface area contributed by atoms with E-state index in [0.717, 1.165) is 66.9 Å². The van der Waals surface area contributed by atoms with Gasteiger partial charge in [0.25, 0.3) is 0 Å². The van der Waals surface area contributed by atoms with Crippen LogP contribution < -0.4 is 4.74 Å². The first-order valence-corrected chi connectivity index (χ1v) is 15.4. The number of methoxy groups -OCH3 is 1. The van der Waals surface area contributed by atoms with E-state index in [0.29, 0.717) is 12.4 Å². The normalized spacial score (nSPS) is 28.2. The van der Waals surface area contributed by atoms with E-state index in [2.05, 4.69) is 42.5 Å². The summed E-state index contributed by atoms with van der Waals surface area (Å²) in [5.74, 6) is 0.395. The van der Waals surface area contributed by atoms with Gasteiger partial charge >= 0.3 is 0 Å². The predicted molar refractivity (Wildman–Crippen MR) is 156 cm³/mol. The third-order valence-electron chi connectivity index (χ3n) is 9.02. The molecule has 1 saturated carbocycles. The summed E-state index contributed by atoms with van der Waals surface area (Å²) in [6.07, 6.45) is 11.9. The first-order chi connectivity index (χ1) is 18.3. The number of phenols is 1. The Morgan fingerprint density at radius 1 is 1.18 bits per heavy atom. The highest BCUT2D eigenvalue weighted by Crippen LogP contribution is 2.51. The summed E-state index contributed by atoms with van der Waals surface area (Å²) in [6.45, 7) is 4.86. The third kappa shape index (κ3) is 5.17. The molecule has 2 aliphatic heterocycles. The number of hydrogen-bond donors (Lipinski definition) is 1. The van der Waals surface area contributed by atoms with E-state index in [9.17, 15) is 14.7 Å². The molecule has 2 saturated heterocycles. The smallest absolute Gasteiger partial charge is 0.234 e. The summed E-state index contributed by atoms with van der Waals surface area (Å²) in [5.41, 5.74) is 4.92. The maximum atomic E-state index is 13.7. The summed E-state index contributed by atoms with van der Waals surface area (Å²) < 4.78 is 12.5. The number of fused-ring (bicyclic) bond motifs is 3. The van der Waals surface area contributed by atoms with Gasteiger partial charge in [-0.05, 0) is 91.3 Å². The van der Waals surface area contributed by atoms with Crippen LogP contribution >= 0.6 is 22.6 Å². The number of hydrogen-bond acceptors (Lipinski definition) is 5. The van der Waals surface area contributed by atoms with Gasteiger partial charge in [0.1, 0.15) is 0 Å². The monoisotopic (exact) mass is 633 g/mol. The van der Waals surface area contributed by atoms with Crippen molar-refractivity contribution in [3.63, 3.8) is 0 Å². The fourth-order valence-electron chi connectivity index (χ4n) is 7.28. The lowest BCUT2D eigenvalue weighted by Crippen LogP contribution is -2.42. The Balaban J connectivity index is 1.33. The molecule has 7 heteroatoms. The molecule has 206 valence electrons. The molecule has 38 heavy (non-hydrogen) atoms. The van der Waals surface area contributed by atoms with Crippen LogP contribution in [0.2, 0.25) is 0 Å². The average molecular weight is 634 g/mol. The number of aromatic hydroxyl groups is 1. The van der Waals surface area contributed by atoms with Gasteiger partial charge in [0.15, 0.2) is 11.5 Å². The van der Waals surface area contributed by atoms with Crippen LogP contribution in [0, 0.1) is 21.3 Å². The summed E-state index contributed by atoms with van der Waals surface area (Å²) in [5, 5.41) is 10.1. The molecule has 4 aliphatic rings. The molecule has 5 rings (SSSR count).